The van der Waals surface area contributed by atoms with E-state index in [1.54, 1.807) is 15.8 Å². The molecule has 6 nitrogen and oxygen atoms in total. The van der Waals surface area contributed by atoms with Crippen LogP contribution in [-0.4, -0.2) is 49.5 Å². The van der Waals surface area contributed by atoms with Gasteiger partial charge in [0.1, 0.15) is 11.4 Å². The van der Waals surface area contributed by atoms with E-state index in [0.717, 1.165) is 17.2 Å². The first kappa shape index (κ1) is 13.9. The summed E-state index contributed by atoms with van der Waals surface area (Å²) in [5, 5.41) is 13.9. The Morgan fingerprint density at radius 2 is 2.00 bits per heavy atom. The van der Waals surface area contributed by atoms with Crippen molar-refractivity contribution in [2.24, 2.45) is 7.05 Å². The van der Waals surface area contributed by atoms with Crippen LogP contribution in [-0.2, 0) is 7.05 Å². The molecule has 3 heterocycles. The Morgan fingerprint density at radius 3 is 2.57 bits per heavy atom. The van der Waals surface area contributed by atoms with Gasteiger partial charge >= 0.3 is 0 Å². The van der Waals surface area contributed by atoms with Crippen LogP contribution in [0.5, 0.6) is 0 Å². The van der Waals surface area contributed by atoms with Gasteiger partial charge in [0.2, 0.25) is 0 Å². The molecule has 0 unspecified atom stereocenters. The molecule has 0 aromatic carbocycles. The molecular weight excluding hydrogens is 268 g/mol. The molecule has 1 aliphatic rings. The monoisotopic (exact) mass is 288 g/mol. The van der Waals surface area contributed by atoms with Crippen molar-refractivity contribution in [2.45, 2.75) is 26.4 Å². The number of rotatable bonds is 2. The number of nitrogens with zero attached hydrogens (tertiary/aromatic N) is 4. The molecule has 1 amide bonds. The van der Waals surface area contributed by atoms with Crippen LogP contribution in [0, 0.1) is 13.8 Å². The number of aliphatic hydroxyl groups is 1. The first-order chi connectivity index (χ1) is 9.99. The minimum Gasteiger partial charge on any atom is -0.391 e. The fraction of sp³-hybridized carbons (Fsp3) is 0.467. The Labute approximate surface area is 123 Å². The largest absolute Gasteiger partial charge is 0.391 e. The number of hydrogen-bond acceptors (Lipinski definition) is 3. The zero-order valence-electron chi connectivity index (χ0n) is 12.6. The summed E-state index contributed by atoms with van der Waals surface area (Å²) in [6, 6.07) is 4.05. The van der Waals surface area contributed by atoms with E-state index in [4.69, 9.17) is 0 Å². The summed E-state index contributed by atoms with van der Waals surface area (Å²) in [5.41, 5.74) is 2.70. The summed E-state index contributed by atoms with van der Waals surface area (Å²) in [6.07, 6.45) is 1.84. The molecule has 0 saturated carbocycles. The molecule has 2 aromatic rings. The van der Waals surface area contributed by atoms with Gasteiger partial charge in [-0.25, -0.2) is 0 Å². The average molecular weight is 288 g/mol. The molecular formula is C15H20N4O2. The van der Waals surface area contributed by atoms with E-state index in [1.807, 2.05) is 37.6 Å². The zero-order chi connectivity index (χ0) is 15.1. The number of β-amino-alcohol motifs (C(OH)–C–C–N with tert-alkyl or cyclic N) is 1. The lowest BCUT2D eigenvalue weighted by Gasteiger charge is -2.17. The summed E-state index contributed by atoms with van der Waals surface area (Å²) >= 11 is 0. The molecule has 3 rings (SSSR count). The SMILES string of the molecule is Cc1ccc(C)n1-c1c(C(=O)N2CC[C@@H](O)C2)cnn1C. The van der Waals surface area contributed by atoms with Crippen molar-refractivity contribution >= 4 is 5.91 Å². The van der Waals surface area contributed by atoms with Gasteiger partial charge in [0.15, 0.2) is 0 Å². The van der Waals surface area contributed by atoms with Gasteiger partial charge in [-0.1, -0.05) is 0 Å². The Morgan fingerprint density at radius 1 is 1.33 bits per heavy atom. The van der Waals surface area contributed by atoms with Crippen molar-refractivity contribution in [1.82, 2.24) is 19.2 Å². The molecule has 0 bridgehead atoms. The van der Waals surface area contributed by atoms with E-state index in [1.165, 1.54) is 0 Å². The Kier molecular flexibility index (Phi) is 3.33. The number of aliphatic hydroxyl groups excluding tert-OH is 1. The molecule has 112 valence electrons. The second-order valence-electron chi connectivity index (χ2n) is 5.65. The van der Waals surface area contributed by atoms with Crippen LogP contribution >= 0.6 is 0 Å². The average Bonchev–Trinajstić information content (AvgIpc) is 3.11. The maximum atomic E-state index is 12.7. The van der Waals surface area contributed by atoms with Crippen molar-refractivity contribution in [2.75, 3.05) is 13.1 Å². The van der Waals surface area contributed by atoms with Crippen molar-refractivity contribution in [3.63, 3.8) is 0 Å². The summed E-state index contributed by atoms with van der Waals surface area (Å²) in [6.45, 7) is 5.01. The summed E-state index contributed by atoms with van der Waals surface area (Å²) < 4.78 is 3.76. The number of aromatic nitrogens is 3. The highest BCUT2D eigenvalue weighted by Gasteiger charge is 2.29. The molecule has 0 aliphatic carbocycles. The van der Waals surface area contributed by atoms with Gasteiger partial charge in [-0.05, 0) is 32.4 Å². The van der Waals surface area contributed by atoms with E-state index < -0.39 is 6.10 Å². The molecule has 0 radical (unpaired) electrons. The first-order valence-electron chi connectivity index (χ1n) is 7.13. The maximum absolute atomic E-state index is 12.7. The van der Waals surface area contributed by atoms with Crippen LogP contribution in [0.1, 0.15) is 28.2 Å². The van der Waals surface area contributed by atoms with Gasteiger partial charge in [0.25, 0.3) is 5.91 Å². The third-order valence-corrected chi connectivity index (χ3v) is 4.07. The topological polar surface area (TPSA) is 63.3 Å². The van der Waals surface area contributed by atoms with Crippen LogP contribution in [0.2, 0.25) is 0 Å². The predicted molar refractivity (Wildman–Crippen MR) is 78.5 cm³/mol. The summed E-state index contributed by atoms with van der Waals surface area (Å²) in [4.78, 5) is 14.4. The highest BCUT2D eigenvalue weighted by Crippen LogP contribution is 2.22. The molecule has 6 heteroatoms. The van der Waals surface area contributed by atoms with Gasteiger partial charge in [-0.15, -0.1) is 0 Å². The van der Waals surface area contributed by atoms with Crippen LogP contribution in [0.3, 0.4) is 0 Å². The molecule has 2 aromatic heterocycles. The maximum Gasteiger partial charge on any atom is 0.259 e. The van der Waals surface area contributed by atoms with Gasteiger partial charge < -0.3 is 14.6 Å². The molecule has 1 atom stereocenters. The van der Waals surface area contributed by atoms with Gasteiger partial charge in [0.05, 0.1) is 12.3 Å². The highest BCUT2D eigenvalue weighted by molar-refractivity contribution is 5.97. The zero-order valence-corrected chi connectivity index (χ0v) is 12.6. The quantitative estimate of drug-likeness (QED) is 0.898. The standard InChI is InChI=1S/C15H20N4O2/c1-10-4-5-11(2)19(10)14-13(8-16-17(14)3)15(21)18-7-6-12(20)9-18/h4-5,8,12,20H,6-7,9H2,1-3H3/t12-/m1/s1. The number of hydrogen-bond donors (Lipinski definition) is 1. The first-order valence-corrected chi connectivity index (χ1v) is 7.13. The molecule has 1 aliphatic heterocycles. The van der Waals surface area contributed by atoms with Crippen LogP contribution in [0.4, 0.5) is 0 Å². The van der Waals surface area contributed by atoms with Gasteiger partial charge in [0, 0.05) is 31.5 Å². The second kappa shape index (κ2) is 5.04. The van der Waals surface area contributed by atoms with Gasteiger partial charge in [-0.3, -0.25) is 9.48 Å². The predicted octanol–water partition coefficient (Wildman–Crippen LogP) is 1.03. The molecule has 0 spiro atoms. The highest BCUT2D eigenvalue weighted by atomic mass is 16.3. The fourth-order valence-electron chi connectivity index (χ4n) is 2.95. The Balaban J connectivity index is 2.04. The minimum absolute atomic E-state index is 0.0675. The van der Waals surface area contributed by atoms with Crippen molar-refractivity contribution in [3.8, 4) is 5.82 Å². The summed E-state index contributed by atoms with van der Waals surface area (Å²) in [7, 11) is 1.84. The van der Waals surface area contributed by atoms with Crippen molar-refractivity contribution in [3.05, 3.63) is 35.3 Å². The normalized spacial score (nSPS) is 18.5. The van der Waals surface area contributed by atoms with Crippen molar-refractivity contribution < 1.29 is 9.90 Å². The number of aryl methyl sites for hydroxylation is 3. The number of likely N-dealkylation sites (tertiary alicyclic amines) is 1. The fourth-order valence-corrected chi connectivity index (χ4v) is 2.95. The third kappa shape index (κ3) is 2.25. The number of carbonyl (C=O) groups is 1. The second-order valence-corrected chi connectivity index (χ2v) is 5.65. The molecule has 21 heavy (non-hydrogen) atoms. The van der Waals surface area contributed by atoms with Crippen LogP contribution < -0.4 is 0 Å². The lowest BCUT2D eigenvalue weighted by Crippen LogP contribution is -2.30. The number of amides is 1. The lowest BCUT2D eigenvalue weighted by molar-refractivity contribution is 0.0765. The van der Waals surface area contributed by atoms with E-state index in [-0.39, 0.29) is 5.91 Å². The van der Waals surface area contributed by atoms with E-state index >= 15 is 0 Å². The third-order valence-electron chi connectivity index (χ3n) is 4.07. The van der Waals surface area contributed by atoms with Crippen LogP contribution in [0.15, 0.2) is 18.3 Å². The van der Waals surface area contributed by atoms with Gasteiger partial charge in [-0.2, -0.15) is 5.10 Å². The lowest BCUT2D eigenvalue weighted by atomic mass is 10.2. The number of carbonyl (C=O) groups excluding carboxylic acids is 1. The molecule has 1 N–H and O–H groups in total. The van der Waals surface area contributed by atoms with E-state index in [0.29, 0.717) is 25.1 Å². The molecule has 1 saturated heterocycles. The summed E-state index contributed by atoms with van der Waals surface area (Å²) in [5.74, 6) is 0.712. The smallest absolute Gasteiger partial charge is 0.259 e. The van der Waals surface area contributed by atoms with Crippen molar-refractivity contribution in [1.29, 1.82) is 0 Å². The minimum atomic E-state index is -0.413. The Bertz CT molecular complexity index is 666. The molecule has 1 fully saturated rings. The van der Waals surface area contributed by atoms with E-state index in [9.17, 15) is 9.90 Å². The van der Waals surface area contributed by atoms with E-state index in [2.05, 4.69) is 5.10 Å². The Hall–Kier alpha value is -2.08. The van der Waals surface area contributed by atoms with Crippen LogP contribution in [0.25, 0.3) is 5.82 Å².